The molecule has 2 N–H and O–H groups in total. The van der Waals surface area contributed by atoms with E-state index in [4.69, 9.17) is 10.3 Å². The normalized spacial score (nSPS) is 16.0. The van der Waals surface area contributed by atoms with Crippen LogP contribution in [0, 0.1) is 27.7 Å². The van der Waals surface area contributed by atoms with Crippen molar-refractivity contribution in [3.05, 3.63) is 39.7 Å². The van der Waals surface area contributed by atoms with Crippen LogP contribution < -0.4 is 5.73 Å². The van der Waals surface area contributed by atoms with Crippen molar-refractivity contribution in [1.29, 1.82) is 0 Å². The van der Waals surface area contributed by atoms with Crippen LogP contribution in [0.1, 0.15) is 24.7 Å². The van der Waals surface area contributed by atoms with Gasteiger partial charge in [-0.05, 0) is 24.8 Å². The van der Waals surface area contributed by atoms with Crippen LogP contribution in [0.3, 0.4) is 0 Å². The van der Waals surface area contributed by atoms with Crippen molar-refractivity contribution in [3.63, 3.8) is 0 Å². The molecule has 1 heterocycles. The van der Waals surface area contributed by atoms with Crippen LogP contribution in [0.15, 0.2) is 16.7 Å². The summed E-state index contributed by atoms with van der Waals surface area (Å²) in [6.45, 7) is 0. The van der Waals surface area contributed by atoms with Gasteiger partial charge in [0.2, 0.25) is 5.82 Å². The van der Waals surface area contributed by atoms with E-state index >= 15 is 0 Å². The Labute approximate surface area is 116 Å². The summed E-state index contributed by atoms with van der Waals surface area (Å²) in [5, 5.41) is 14.3. The number of halogens is 2. The Morgan fingerprint density at radius 3 is 2.76 bits per heavy atom. The monoisotopic (exact) mass is 296 g/mol. The molecule has 7 nitrogen and oxygen atoms in total. The molecule has 3 rings (SSSR count). The Morgan fingerprint density at radius 1 is 1.43 bits per heavy atom. The summed E-state index contributed by atoms with van der Waals surface area (Å²) in [5.41, 5.74) is 4.43. The lowest BCUT2D eigenvalue weighted by Gasteiger charge is -2.02. The number of nitrogens with zero attached hydrogens (tertiary/aromatic N) is 3. The molecule has 1 aliphatic rings. The van der Waals surface area contributed by atoms with E-state index in [2.05, 4.69) is 10.1 Å². The summed E-state index contributed by atoms with van der Waals surface area (Å²) >= 11 is 0. The first-order valence-electron chi connectivity index (χ1n) is 6.20. The molecule has 0 aliphatic heterocycles. The predicted molar refractivity (Wildman–Crippen MR) is 66.0 cm³/mol. The summed E-state index contributed by atoms with van der Waals surface area (Å²) in [6.07, 6.45) is 1.90. The predicted octanol–water partition coefficient (Wildman–Crippen LogP) is 2.33. The number of nitro benzene ring substituents is 1. The molecular weight excluding hydrogens is 286 g/mol. The van der Waals surface area contributed by atoms with Crippen LogP contribution in [0.2, 0.25) is 0 Å². The quantitative estimate of drug-likeness (QED) is 0.685. The van der Waals surface area contributed by atoms with E-state index in [9.17, 15) is 18.9 Å². The van der Waals surface area contributed by atoms with Gasteiger partial charge < -0.3 is 10.3 Å². The average Bonchev–Trinajstić information content (AvgIpc) is 3.17. The Hall–Kier alpha value is -2.42. The maximum absolute atomic E-state index is 14.0. The molecule has 1 aromatic carbocycles. The number of benzene rings is 1. The van der Waals surface area contributed by atoms with Crippen molar-refractivity contribution >= 4 is 5.69 Å². The van der Waals surface area contributed by atoms with Gasteiger partial charge in [-0.3, -0.25) is 10.1 Å². The van der Waals surface area contributed by atoms with Crippen LogP contribution in [0.25, 0.3) is 11.5 Å². The standard InChI is InChI=1S/C12H10F2N4O3/c13-6-3-7(9(14)8(4-6)18(19)20)12-16-11(17-21-12)10(15)5-1-2-5/h3-5,10H,1-2,15H2. The summed E-state index contributed by atoms with van der Waals surface area (Å²) in [7, 11) is 0. The zero-order valence-corrected chi connectivity index (χ0v) is 10.6. The fourth-order valence-electron chi connectivity index (χ4n) is 2.01. The van der Waals surface area contributed by atoms with Gasteiger partial charge in [-0.15, -0.1) is 0 Å². The van der Waals surface area contributed by atoms with E-state index in [1.165, 1.54) is 0 Å². The number of nitrogens with two attached hydrogens (primary N) is 1. The molecule has 1 atom stereocenters. The molecule has 0 bridgehead atoms. The SMILES string of the molecule is NC(c1noc(-c2cc(F)cc([N+](=O)[O-])c2F)n1)C1CC1. The van der Waals surface area contributed by atoms with Crippen molar-refractivity contribution in [3.8, 4) is 11.5 Å². The first kappa shape index (κ1) is 13.6. The van der Waals surface area contributed by atoms with Crippen LogP contribution in [0.4, 0.5) is 14.5 Å². The molecule has 1 saturated carbocycles. The zero-order valence-electron chi connectivity index (χ0n) is 10.6. The Kier molecular flexibility index (Phi) is 3.13. The Bertz CT molecular complexity index is 715. The smallest absolute Gasteiger partial charge is 0.308 e. The van der Waals surface area contributed by atoms with Crippen molar-refractivity contribution in [2.75, 3.05) is 0 Å². The maximum Gasteiger partial charge on any atom is 0.308 e. The number of rotatable bonds is 4. The van der Waals surface area contributed by atoms with E-state index in [0.29, 0.717) is 6.07 Å². The summed E-state index contributed by atoms with van der Waals surface area (Å²) in [4.78, 5) is 13.6. The van der Waals surface area contributed by atoms with Crippen molar-refractivity contribution in [2.45, 2.75) is 18.9 Å². The lowest BCUT2D eigenvalue weighted by Crippen LogP contribution is -2.13. The van der Waals surface area contributed by atoms with Crippen molar-refractivity contribution < 1.29 is 18.2 Å². The highest BCUT2D eigenvalue weighted by molar-refractivity contribution is 5.59. The fourth-order valence-corrected chi connectivity index (χ4v) is 2.01. The molecule has 2 aromatic rings. The van der Waals surface area contributed by atoms with Crippen LogP contribution >= 0.6 is 0 Å². The van der Waals surface area contributed by atoms with Gasteiger partial charge in [-0.1, -0.05) is 5.16 Å². The Morgan fingerprint density at radius 2 is 2.14 bits per heavy atom. The topological polar surface area (TPSA) is 108 Å². The van der Waals surface area contributed by atoms with Gasteiger partial charge in [0.15, 0.2) is 5.82 Å². The minimum Gasteiger partial charge on any atom is -0.334 e. The number of hydrogen-bond donors (Lipinski definition) is 1. The largest absolute Gasteiger partial charge is 0.334 e. The molecule has 1 unspecified atom stereocenters. The minimum atomic E-state index is -1.23. The maximum atomic E-state index is 14.0. The van der Waals surface area contributed by atoms with Gasteiger partial charge in [0.05, 0.1) is 22.6 Å². The zero-order chi connectivity index (χ0) is 15.1. The number of hydrogen-bond acceptors (Lipinski definition) is 6. The lowest BCUT2D eigenvalue weighted by atomic mass is 10.1. The molecule has 1 aromatic heterocycles. The van der Waals surface area contributed by atoms with Crippen molar-refractivity contribution in [1.82, 2.24) is 10.1 Å². The second-order valence-electron chi connectivity index (χ2n) is 4.86. The van der Waals surface area contributed by atoms with Crippen molar-refractivity contribution in [2.24, 2.45) is 11.7 Å². The van der Waals surface area contributed by atoms with Gasteiger partial charge in [-0.2, -0.15) is 9.37 Å². The molecule has 1 fully saturated rings. The van der Waals surface area contributed by atoms with E-state index in [0.717, 1.165) is 18.9 Å². The summed E-state index contributed by atoms with van der Waals surface area (Å²) < 4.78 is 32.2. The second-order valence-corrected chi connectivity index (χ2v) is 4.86. The first-order chi connectivity index (χ1) is 9.97. The van der Waals surface area contributed by atoms with E-state index in [1.807, 2.05) is 0 Å². The van der Waals surface area contributed by atoms with Gasteiger partial charge in [-0.25, -0.2) is 4.39 Å². The third kappa shape index (κ3) is 2.47. The number of aromatic nitrogens is 2. The van der Waals surface area contributed by atoms with Crippen LogP contribution in [-0.4, -0.2) is 15.1 Å². The number of nitro groups is 1. The van der Waals surface area contributed by atoms with Crippen LogP contribution in [-0.2, 0) is 0 Å². The van der Waals surface area contributed by atoms with Gasteiger partial charge in [0.1, 0.15) is 5.82 Å². The van der Waals surface area contributed by atoms with Crippen LogP contribution in [0.5, 0.6) is 0 Å². The summed E-state index contributed by atoms with van der Waals surface area (Å²) in [5.74, 6) is -2.09. The molecule has 110 valence electrons. The summed E-state index contributed by atoms with van der Waals surface area (Å²) in [6, 6.07) is 0.822. The molecule has 0 saturated heterocycles. The molecule has 9 heteroatoms. The van der Waals surface area contributed by atoms with Gasteiger partial charge in [0.25, 0.3) is 5.89 Å². The van der Waals surface area contributed by atoms with E-state index in [1.54, 1.807) is 0 Å². The molecular formula is C12H10F2N4O3. The highest BCUT2D eigenvalue weighted by Gasteiger charge is 2.33. The molecule has 0 amide bonds. The average molecular weight is 296 g/mol. The second kappa shape index (κ2) is 4.85. The molecule has 0 radical (unpaired) electrons. The highest BCUT2D eigenvalue weighted by Crippen LogP contribution is 2.39. The lowest BCUT2D eigenvalue weighted by molar-refractivity contribution is -0.387. The van der Waals surface area contributed by atoms with Gasteiger partial charge >= 0.3 is 5.69 Å². The molecule has 1 aliphatic carbocycles. The Balaban J connectivity index is 2.02. The minimum absolute atomic E-state index is 0.179. The van der Waals surface area contributed by atoms with E-state index < -0.39 is 33.9 Å². The first-order valence-corrected chi connectivity index (χ1v) is 6.20. The van der Waals surface area contributed by atoms with Gasteiger partial charge in [0, 0.05) is 0 Å². The highest BCUT2D eigenvalue weighted by atomic mass is 19.1. The van der Waals surface area contributed by atoms with E-state index in [-0.39, 0.29) is 17.6 Å². The third-order valence-electron chi connectivity index (χ3n) is 3.32. The fraction of sp³-hybridized carbons (Fsp3) is 0.333. The third-order valence-corrected chi connectivity index (χ3v) is 3.32. The molecule has 21 heavy (non-hydrogen) atoms. The molecule has 0 spiro atoms.